The lowest BCUT2D eigenvalue weighted by Gasteiger charge is -2.24. The highest BCUT2D eigenvalue weighted by Gasteiger charge is 2.38. The average Bonchev–Trinajstić information content (AvgIpc) is 3.30. The first-order chi connectivity index (χ1) is 20.7. The molecule has 232 valence electrons. The molecule has 0 bridgehead atoms. The predicted octanol–water partition coefficient (Wildman–Crippen LogP) is 3.95. The summed E-state index contributed by atoms with van der Waals surface area (Å²) < 4.78 is 75.9. The van der Waals surface area contributed by atoms with Crippen molar-refractivity contribution in [3.63, 3.8) is 0 Å². The molecule has 4 aromatic rings. The first-order valence-corrected chi connectivity index (χ1v) is 17.5. The zero-order valence-electron chi connectivity index (χ0n) is 24.7. The summed E-state index contributed by atoms with van der Waals surface area (Å²) in [6, 6.07) is 15.0. The molecule has 5 rings (SSSR count). The van der Waals surface area contributed by atoms with Crippen LogP contribution in [0.4, 0.5) is 10.1 Å². The van der Waals surface area contributed by atoms with Gasteiger partial charge in [0, 0.05) is 43.5 Å². The summed E-state index contributed by atoms with van der Waals surface area (Å²) in [7, 11) is -4.23. The third-order valence-corrected chi connectivity index (χ3v) is 9.59. The van der Waals surface area contributed by atoms with Gasteiger partial charge in [-0.3, -0.25) is 14.1 Å². The number of nitrogens with zero attached hydrogens (tertiary/aromatic N) is 3. The number of sulfonamides is 1. The van der Waals surface area contributed by atoms with E-state index in [1.165, 1.54) is 24.1 Å². The van der Waals surface area contributed by atoms with E-state index in [0.29, 0.717) is 23.1 Å². The van der Waals surface area contributed by atoms with Crippen molar-refractivity contribution in [1.82, 2.24) is 9.88 Å². The summed E-state index contributed by atoms with van der Waals surface area (Å²) in [4.78, 5) is 19.9. The molecule has 13 heteroatoms. The number of amides is 1. The van der Waals surface area contributed by atoms with E-state index < -0.39 is 25.8 Å². The maximum atomic E-state index is 13.8. The maximum absolute atomic E-state index is 13.8. The van der Waals surface area contributed by atoms with Gasteiger partial charge in [-0.25, -0.2) is 21.2 Å². The van der Waals surface area contributed by atoms with Crippen LogP contribution in [0.1, 0.15) is 32.6 Å². The molecule has 0 spiro atoms. The van der Waals surface area contributed by atoms with Crippen molar-refractivity contribution >= 4 is 42.4 Å². The topological polar surface area (TPSA) is 123 Å². The SMILES string of the molecule is COc1ccc(COc2c3c(c(N(C)S(C)(=O)=O)c4cc(Cc5ccc(F)cc5)cnc24)CN(CCS(C)(=O)=O)C3=O)cc1. The Kier molecular flexibility index (Phi) is 8.54. The maximum Gasteiger partial charge on any atom is 0.258 e. The highest BCUT2D eigenvalue weighted by Crippen LogP contribution is 2.45. The van der Waals surface area contributed by atoms with Gasteiger partial charge < -0.3 is 14.4 Å². The number of ether oxygens (including phenoxy) is 2. The van der Waals surface area contributed by atoms with Gasteiger partial charge >= 0.3 is 0 Å². The van der Waals surface area contributed by atoms with Crippen LogP contribution in [0.25, 0.3) is 10.9 Å². The van der Waals surface area contributed by atoms with E-state index in [1.807, 2.05) is 12.1 Å². The Morgan fingerprint density at radius 2 is 1.64 bits per heavy atom. The van der Waals surface area contributed by atoms with Crippen LogP contribution in [0.3, 0.4) is 0 Å². The monoisotopic (exact) mass is 641 g/mol. The van der Waals surface area contributed by atoms with Crippen molar-refractivity contribution in [1.29, 1.82) is 0 Å². The van der Waals surface area contributed by atoms with Crippen LogP contribution in [0.15, 0.2) is 60.8 Å². The molecule has 1 amide bonds. The van der Waals surface area contributed by atoms with Gasteiger partial charge in [-0.1, -0.05) is 24.3 Å². The van der Waals surface area contributed by atoms with E-state index in [1.54, 1.807) is 43.6 Å². The fourth-order valence-corrected chi connectivity index (χ4v) is 6.23. The fourth-order valence-electron chi connectivity index (χ4n) is 5.14. The van der Waals surface area contributed by atoms with E-state index in [-0.39, 0.29) is 53.8 Å². The summed E-state index contributed by atoms with van der Waals surface area (Å²) >= 11 is 0. The van der Waals surface area contributed by atoms with Crippen molar-refractivity contribution in [2.24, 2.45) is 0 Å². The van der Waals surface area contributed by atoms with Gasteiger partial charge in [0.2, 0.25) is 10.0 Å². The Hall–Kier alpha value is -4.23. The smallest absolute Gasteiger partial charge is 0.258 e. The van der Waals surface area contributed by atoms with Crippen LogP contribution in [0, 0.1) is 5.82 Å². The van der Waals surface area contributed by atoms with Crippen LogP contribution in [-0.2, 0) is 39.4 Å². The van der Waals surface area contributed by atoms with Crippen LogP contribution < -0.4 is 13.8 Å². The Labute approximate surface area is 256 Å². The number of carbonyl (C=O) groups excluding carboxylic acids is 1. The van der Waals surface area contributed by atoms with Gasteiger partial charge in [-0.05, 0) is 53.4 Å². The molecule has 10 nitrogen and oxygen atoms in total. The molecular formula is C31H32FN3O7S2. The molecule has 0 unspecified atom stereocenters. The zero-order chi connectivity index (χ0) is 31.8. The van der Waals surface area contributed by atoms with Crippen LogP contribution in [-0.4, -0.2) is 71.6 Å². The highest BCUT2D eigenvalue weighted by atomic mass is 32.2. The van der Waals surface area contributed by atoms with Gasteiger partial charge in [0.05, 0.1) is 30.4 Å². The molecular weight excluding hydrogens is 609 g/mol. The lowest BCUT2D eigenvalue weighted by molar-refractivity contribution is 0.0785. The first-order valence-electron chi connectivity index (χ1n) is 13.6. The van der Waals surface area contributed by atoms with E-state index in [4.69, 9.17) is 9.47 Å². The van der Waals surface area contributed by atoms with Crippen molar-refractivity contribution in [3.05, 3.63) is 94.4 Å². The molecule has 1 aromatic heterocycles. The van der Waals surface area contributed by atoms with Gasteiger partial charge in [-0.2, -0.15) is 0 Å². The molecule has 0 aliphatic carbocycles. The predicted molar refractivity (Wildman–Crippen MR) is 166 cm³/mol. The molecule has 44 heavy (non-hydrogen) atoms. The molecule has 0 saturated heterocycles. The first kappa shape index (κ1) is 31.2. The second kappa shape index (κ2) is 12.0. The molecule has 0 atom stereocenters. The minimum atomic E-state index is -3.81. The van der Waals surface area contributed by atoms with Crippen LogP contribution >= 0.6 is 0 Å². The number of halogens is 1. The number of anilines is 1. The lowest BCUT2D eigenvalue weighted by atomic mass is 9.98. The standard InChI is InChI=1S/C31H32FN3O7S2/c1-34(44(4,39)40)29-25-16-22(15-20-5-9-23(32)10-6-20)17-33-28(25)30(42-19-21-7-11-24(41-2)12-8-21)27-26(29)18-35(31(27)36)13-14-43(3,37)38/h5-12,16-17H,13-15,18-19H2,1-4H3. The summed E-state index contributed by atoms with van der Waals surface area (Å²) in [5.41, 5.74) is 3.42. The Morgan fingerprint density at radius 3 is 2.25 bits per heavy atom. The third kappa shape index (κ3) is 6.63. The number of sulfone groups is 1. The third-order valence-electron chi connectivity index (χ3n) is 7.49. The van der Waals surface area contributed by atoms with E-state index in [9.17, 15) is 26.0 Å². The second-order valence-electron chi connectivity index (χ2n) is 10.8. The van der Waals surface area contributed by atoms with E-state index in [2.05, 4.69) is 4.98 Å². The molecule has 3 aromatic carbocycles. The second-order valence-corrected chi connectivity index (χ2v) is 15.1. The van der Waals surface area contributed by atoms with E-state index in [0.717, 1.165) is 33.5 Å². The molecule has 2 heterocycles. The minimum Gasteiger partial charge on any atom is -0.497 e. The number of pyridine rings is 1. The fraction of sp³-hybridized carbons (Fsp3) is 0.290. The average molecular weight is 642 g/mol. The van der Waals surface area contributed by atoms with Gasteiger partial charge in [0.1, 0.15) is 33.5 Å². The molecule has 1 aliphatic rings. The van der Waals surface area contributed by atoms with Crippen molar-refractivity contribution < 1.29 is 35.5 Å². The number of rotatable bonds is 11. The van der Waals surface area contributed by atoms with Gasteiger partial charge in [-0.15, -0.1) is 0 Å². The van der Waals surface area contributed by atoms with E-state index >= 15 is 0 Å². The van der Waals surface area contributed by atoms with Crippen molar-refractivity contribution in [3.8, 4) is 11.5 Å². The summed E-state index contributed by atoms with van der Waals surface area (Å²) in [6.45, 7) is -0.0236. The number of hydrogen-bond acceptors (Lipinski definition) is 8. The summed E-state index contributed by atoms with van der Waals surface area (Å²) in [5, 5.41) is 0.443. The molecule has 0 radical (unpaired) electrons. The normalized spacial score (nSPS) is 13.3. The van der Waals surface area contributed by atoms with Crippen molar-refractivity contribution in [2.45, 2.75) is 19.6 Å². The summed E-state index contributed by atoms with van der Waals surface area (Å²) in [5.74, 6) is -0.250. The Bertz CT molecular complexity index is 1950. The summed E-state index contributed by atoms with van der Waals surface area (Å²) in [6.07, 6.45) is 4.16. The minimum absolute atomic E-state index is 0.0180. The number of fused-ring (bicyclic) bond motifs is 2. The largest absolute Gasteiger partial charge is 0.497 e. The molecule has 0 fully saturated rings. The molecule has 1 aliphatic heterocycles. The van der Waals surface area contributed by atoms with Crippen LogP contribution in [0.5, 0.6) is 11.5 Å². The number of hydrogen-bond donors (Lipinski definition) is 0. The van der Waals surface area contributed by atoms with Crippen molar-refractivity contribution in [2.75, 3.05) is 43.3 Å². The van der Waals surface area contributed by atoms with Crippen LogP contribution in [0.2, 0.25) is 0 Å². The Balaban J connectivity index is 1.69. The quantitative estimate of drug-likeness (QED) is 0.241. The zero-order valence-corrected chi connectivity index (χ0v) is 26.3. The van der Waals surface area contributed by atoms with Gasteiger partial charge in [0.25, 0.3) is 5.91 Å². The molecule has 0 saturated carbocycles. The number of aromatic nitrogens is 1. The molecule has 0 N–H and O–H groups in total. The number of benzene rings is 3. The highest BCUT2D eigenvalue weighted by molar-refractivity contribution is 7.92. The van der Waals surface area contributed by atoms with Gasteiger partial charge in [0.15, 0.2) is 5.75 Å². The Morgan fingerprint density at radius 1 is 0.977 bits per heavy atom. The number of carbonyl (C=O) groups is 1. The lowest BCUT2D eigenvalue weighted by Crippen LogP contribution is -2.29. The number of methoxy groups -OCH3 is 1.